The van der Waals surface area contributed by atoms with E-state index in [-0.39, 0.29) is 18.8 Å². The number of nitrogens with zero attached hydrogens (tertiary/aromatic N) is 1. The highest BCUT2D eigenvalue weighted by molar-refractivity contribution is 6.00. The predicted octanol–water partition coefficient (Wildman–Crippen LogP) is 2.48. The van der Waals surface area contributed by atoms with E-state index < -0.39 is 36.1 Å². The fourth-order valence-corrected chi connectivity index (χ4v) is 2.82. The fourth-order valence-electron chi connectivity index (χ4n) is 2.82. The Balaban J connectivity index is 3.23. The van der Waals surface area contributed by atoms with Crippen LogP contribution in [0.4, 0.5) is 13.2 Å². The molecule has 0 aliphatic carbocycles. The number of nitrogens with one attached hydrogen (secondary N) is 1. The van der Waals surface area contributed by atoms with Gasteiger partial charge in [-0.2, -0.15) is 13.2 Å². The van der Waals surface area contributed by atoms with Crippen LogP contribution in [-0.2, 0) is 9.59 Å². The van der Waals surface area contributed by atoms with Crippen molar-refractivity contribution in [1.29, 1.82) is 0 Å². The first kappa shape index (κ1) is 17.8. The van der Waals surface area contributed by atoms with E-state index in [2.05, 4.69) is 5.32 Å². The van der Waals surface area contributed by atoms with Crippen LogP contribution in [0.2, 0.25) is 0 Å². The van der Waals surface area contributed by atoms with Crippen molar-refractivity contribution in [2.45, 2.75) is 64.7 Å². The van der Waals surface area contributed by atoms with Gasteiger partial charge in [-0.3, -0.25) is 9.59 Å². The third-order valence-corrected chi connectivity index (χ3v) is 4.48. The van der Waals surface area contributed by atoms with Crippen molar-refractivity contribution >= 4 is 11.8 Å². The lowest BCUT2D eigenvalue weighted by Crippen LogP contribution is -2.72. The number of rotatable bonds is 5. The van der Waals surface area contributed by atoms with Crippen molar-refractivity contribution < 1.29 is 22.8 Å². The summed E-state index contributed by atoms with van der Waals surface area (Å²) >= 11 is 0. The maximum Gasteiger partial charge on any atom is 0.406 e. The van der Waals surface area contributed by atoms with E-state index in [1.807, 2.05) is 6.92 Å². The summed E-state index contributed by atoms with van der Waals surface area (Å²) in [6.45, 7) is 5.46. The van der Waals surface area contributed by atoms with E-state index in [1.54, 1.807) is 20.8 Å². The molecule has 2 atom stereocenters. The zero-order chi connectivity index (χ0) is 16.4. The third-order valence-electron chi connectivity index (χ3n) is 4.48. The monoisotopic (exact) mass is 308 g/mol. The van der Waals surface area contributed by atoms with E-state index >= 15 is 0 Å². The molecule has 0 spiro atoms. The minimum atomic E-state index is -4.52. The summed E-state index contributed by atoms with van der Waals surface area (Å²) in [4.78, 5) is 25.6. The Morgan fingerprint density at radius 3 is 2.14 bits per heavy atom. The van der Waals surface area contributed by atoms with Crippen molar-refractivity contribution in [2.75, 3.05) is 6.54 Å². The maximum absolute atomic E-state index is 12.8. The number of piperazine rings is 1. The van der Waals surface area contributed by atoms with Crippen molar-refractivity contribution in [3.8, 4) is 0 Å². The Labute approximate surface area is 123 Å². The molecule has 1 N–H and O–H groups in total. The van der Waals surface area contributed by atoms with Gasteiger partial charge in [0, 0.05) is 0 Å². The Morgan fingerprint density at radius 1 is 1.24 bits per heavy atom. The molecular formula is C14H23F3N2O2. The number of hydrogen-bond acceptors (Lipinski definition) is 2. The minimum absolute atomic E-state index is 0.157. The average molecular weight is 308 g/mol. The zero-order valence-electron chi connectivity index (χ0n) is 12.9. The van der Waals surface area contributed by atoms with Crippen LogP contribution in [0.5, 0.6) is 0 Å². The van der Waals surface area contributed by atoms with Crippen LogP contribution >= 0.6 is 0 Å². The summed E-state index contributed by atoms with van der Waals surface area (Å²) in [5.41, 5.74) is -1.41. The molecule has 2 amide bonds. The van der Waals surface area contributed by atoms with Gasteiger partial charge in [0.25, 0.3) is 0 Å². The lowest BCUT2D eigenvalue weighted by molar-refractivity contribution is -0.185. The lowest BCUT2D eigenvalue weighted by atomic mass is 9.83. The van der Waals surface area contributed by atoms with Crippen molar-refractivity contribution in [3.05, 3.63) is 0 Å². The molecule has 0 saturated carbocycles. The second kappa shape index (κ2) is 6.23. The van der Waals surface area contributed by atoms with Gasteiger partial charge in [0.15, 0.2) is 0 Å². The van der Waals surface area contributed by atoms with Crippen LogP contribution in [0.3, 0.4) is 0 Å². The summed E-state index contributed by atoms with van der Waals surface area (Å²) < 4.78 is 38.5. The Kier molecular flexibility index (Phi) is 5.28. The number of amides is 2. The Bertz CT molecular complexity index is 406. The van der Waals surface area contributed by atoms with Gasteiger partial charge in [0.1, 0.15) is 18.1 Å². The lowest BCUT2D eigenvalue weighted by Gasteiger charge is -2.48. The molecule has 0 aromatic rings. The molecular weight excluding hydrogens is 285 g/mol. The number of hydrogen-bond donors (Lipinski definition) is 1. The largest absolute Gasteiger partial charge is 0.406 e. The molecule has 1 aliphatic rings. The topological polar surface area (TPSA) is 49.4 Å². The van der Waals surface area contributed by atoms with Crippen molar-refractivity contribution in [2.24, 2.45) is 5.92 Å². The fraction of sp³-hybridized carbons (Fsp3) is 0.857. The molecule has 1 fully saturated rings. The molecule has 122 valence electrons. The molecule has 0 aromatic carbocycles. The van der Waals surface area contributed by atoms with Crippen LogP contribution < -0.4 is 5.32 Å². The summed E-state index contributed by atoms with van der Waals surface area (Å²) in [6.07, 6.45) is -3.61. The summed E-state index contributed by atoms with van der Waals surface area (Å²) in [5, 5.41) is 2.63. The first-order valence-electron chi connectivity index (χ1n) is 7.32. The molecule has 1 saturated heterocycles. The maximum atomic E-state index is 12.8. The summed E-state index contributed by atoms with van der Waals surface area (Å²) in [5.74, 6) is -1.32. The second-order valence-corrected chi connectivity index (χ2v) is 5.61. The van der Waals surface area contributed by atoms with E-state index in [0.717, 1.165) is 4.90 Å². The van der Waals surface area contributed by atoms with E-state index in [9.17, 15) is 22.8 Å². The molecule has 7 heteroatoms. The van der Waals surface area contributed by atoms with Crippen LogP contribution in [0, 0.1) is 5.92 Å². The molecule has 0 radical (unpaired) electrons. The SMILES string of the molecule is CCC(C)C1NC(=O)C(CC)(CC)N(CC(F)(F)F)C1=O. The van der Waals surface area contributed by atoms with Crippen LogP contribution in [-0.4, -0.2) is 41.0 Å². The third kappa shape index (κ3) is 3.32. The minimum Gasteiger partial charge on any atom is -0.342 e. The number of halogens is 3. The number of alkyl halides is 3. The zero-order valence-corrected chi connectivity index (χ0v) is 12.9. The van der Waals surface area contributed by atoms with Gasteiger partial charge in [-0.25, -0.2) is 0 Å². The normalized spacial score (nSPS) is 24.0. The van der Waals surface area contributed by atoms with Gasteiger partial charge in [0.2, 0.25) is 11.8 Å². The molecule has 21 heavy (non-hydrogen) atoms. The van der Waals surface area contributed by atoms with Crippen molar-refractivity contribution in [1.82, 2.24) is 10.2 Å². The number of carbonyl (C=O) groups excluding carboxylic acids is 2. The highest BCUT2D eigenvalue weighted by atomic mass is 19.4. The van der Waals surface area contributed by atoms with E-state index in [1.165, 1.54) is 0 Å². The highest BCUT2D eigenvalue weighted by Gasteiger charge is 2.54. The first-order valence-corrected chi connectivity index (χ1v) is 7.32. The van der Waals surface area contributed by atoms with Gasteiger partial charge in [-0.15, -0.1) is 0 Å². The average Bonchev–Trinajstić information content (AvgIpc) is 2.41. The van der Waals surface area contributed by atoms with E-state index in [4.69, 9.17) is 0 Å². The predicted molar refractivity (Wildman–Crippen MR) is 72.5 cm³/mol. The highest BCUT2D eigenvalue weighted by Crippen LogP contribution is 2.33. The van der Waals surface area contributed by atoms with E-state index in [0.29, 0.717) is 6.42 Å². The van der Waals surface area contributed by atoms with Gasteiger partial charge < -0.3 is 10.2 Å². The van der Waals surface area contributed by atoms with Crippen LogP contribution in [0.1, 0.15) is 47.0 Å². The molecule has 1 aliphatic heterocycles. The quantitative estimate of drug-likeness (QED) is 0.848. The molecule has 4 nitrogen and oxygen atoms in total. The van der Waals surface area contributed by atoms with Gasteiger partial charge in [-0.1, -0.05) is 34.1 Å². The molecule has 0 aromatic heterocycles. The second-order valence-electron chi connectivity index (χ2n) is 5.61. The van der Waals surface area contributed by atoms with Crippen molar-refractivity contribution in [3.63, 3.8) is 0 Å². The molecule has 0 bridgehead atoms. The van der Waals surface area contributed by atoms with Gasteiger partial charge in [-0.05, 0) is 18.8 Å². The summed E-state index contributed by atoms with van der Waals surface area (Å²) in [6, 6.07) is -0.879. The standard InChI is InChI=1S/C14H23F3N2O2/c1-5-9(4)10-11(20)19(8-14(15,16)17)13(6-2,7-3)12(21)18-10/h9-10H,5-8H2,1-4H3,(H,18,21). The van der Waals surface area contributed by atoms with Crippen LogP contribution in [0.15, 0.2) is 0 Å². The first-order chi connectivity index (χ1) is 9.62. The molecule has 1 rings (SSSR count). The summed E-state index contributed by atoms with van der Waals surface area (Å²) in [7, 11) is 0. The number of carbonyl (C=O) groups is 2. The van der Waals surface area contributed by atoms with Crippen LogP contribution in [0.25, 0.3) is 0 Å². The van der Waals surface area contributed by atoms with Gasteiger partial charge >= 0.3 is 6.18 Å². The molecule has 2 unspecified atom stereocenters. The molecule has 1 heterocycles. The Hall–Kier alpha value is -1.27. The van der Waals surface area contributed by atoms with Gasteiger partial charge in [0.05, 0.1) is 0 Å². The smallest absolute Gasteiger partial charge is 0.342 e. The Morgan fingerprint density at radius 2 is 1.76 bits per heavy atom.